The smallest absolute Gasteiger partial charge is 0.389 e. The fourth-order valence-electron chi connectivity index (χ4n) is 0.899. The van der Waals surface area contributed by atoms with Crippen LogP contribution in [-0.2, 0) is 0 Å². The largest absolute Gasteiger partial charge is 1.00 e. The molecule has 0 saturated carbocycles. The van der Waals surface area contributed by atoms with Gasteiger partial charge in [-0.2, -0.15) is 30.9 Å². The summed E-state index contributed by atoms with van der Waals surface area (Å²) >= 11 is 0. The van der Waals surface area contributed by atoms with E-state index in [1.54, 1.807) is 0 Å². The van der Waals surface area contributed by atoms with E-state index in [1.165, 1.54) is 18.2 Å². The van der Waals surface area contributed by atoms with Crippen molar-refractivity contribution in [3.8, 4) is 0 Å². The van der Waals surface area contributed by atoms with Crippen molar-refractivity contribution in [1.29, 1.82) is 0 Å². The van der Waals surface area contributed by atoms with Gasteiger partial charge in [0.2, 0.25) is 0 Å². The van der Waals surface area contributed by atoms with Gasteiger partial charge in [-0.15, -0.1) is 12.1 Å². The molecule has 0 aliphatic heterocycles. The standard InChI is InChI=1S/C9H7F4O.K/c10-7(8(14)9(11,12)13)6-4-2-1-3-5-6;/h1-5,8,14H;/q-1;+1. The molecule has 1 aromatic rings. The van der Waals surface area contributed by atoms with Crippen LogP contribution in [0.2, 0.25) is 0 Å². The van der Waals surface area contributed by atoms with Crippen molar-refractivity contribution < 1.29 is 74.1 Å². The van der Waals surface area contributed by atoms with Crippen molar-refractivity contribution in [3.05, 3.63) is 42.1 Å². The number of aliphatic hydroxyl groups is 1. The molecule has 78 valence electrons. The SMILES string of the molecule is OC([C-](F)c1ccccc1)C(F)(F)F.[K+]. The van der Waals surface area contributed by atoms with Crippen molar-refractivity contribution in [2.75, 3.05) is 0 Å². The maximum Gasteiger partial charge on any atom is 1.00 e. The van der Waals surface area contributed by atoms with E-state index in [0.29, 0.717) is 0 Å². The van der Waals surface area contributed by atoms with Gasteiger partial charge in [0.15, 0.2) is 6.10 Å². The summed E-state index contributed by atoms with van der Waals surface area (Å²) in [6, 6.07) is 6.63. The summed E-state index contributed by atoms with van der Waals surface area (Å²) in [7, 11) is 0. The molecular weight excluding hydrogens is 239 g/mol. The molecule has 1 atom stereocenters. The van der Waals surface area contributed by atoms with Crippen molar-refractivity contribution in [2.45, 2.75) is 12.3 Å². The fraction of sp³-hybridized carbons (Fsp3) is 0.222. The van der Waals surface area contributed by atoms with E-state index in [2.05, 4.69) is 0 Å². The van der Waals surface area contributed by atoms with Gasteiger partial charge in [-0.1, -0.05) is 6.07 Å². The molecule has 0 fully saturated rings. The molecule has 0 aromatic heterocycles. The van der Waals surface area contributed by atoms with Gasteiger partial charge in [0.05, 0.1) is 0 Å². The van der Waals surface area contributed by atoms with Crippen LogP contribution in [-0.4, -0.2) is 17.4 Å². The number of aliphatic hydroxyl groups excluding tert-OH is 1. The fourth-order valence-corrected chi connectivity index (χ4v) is 0.899. The van der Waals surface area contributed by atoms with Crippen LogP contribution in [0.15, 0.2) is 30.3 Å². The third-order valence-electron chi connectivity index (χ3n) is 1.60. The van der Waals surface area contributed by atoms with Gasteiger partial charge in [-0.3, -0.25) is 4.39 Å². The quantitative estimate of drug-likeness (QED) is 0.422. The molecule has 0 bridgehead atoms. The maximum atomic E-state index is 13.0. The van der Waals surface area contributed by atoms with Crippen molar-refractivity contribution in [2.24, 2.45) is 0 Å². The first-order valence-electron chi connectivity index (χ1n) is 3.75. The molecular formula is C9H7F4KO. The Morgan fingerprint density at radius 3 is 2.00 bits per heavy atom. The molecule has 0 aliphatic carbocycles. The average molecular weight is 246 g/mol. The number of halogens is 4. The Kier molecular flexibility index (Phi) is 6.39. The molecule has 1 unspecified atom stereocenters. The minimum atomic E-state index is -4.97. The third kappa shape index (κ3) is 4.42. The maximum absolute atomic E-state index is 13.0. The Labute approximate surface area is 127 Å². The third-order valence-corrected chi connectivity index (χ3v) is 1.60. The Balaban J connectivity index is 0.00000196. The van der Waals surface area contributed by atoms with Gasteiger partial charge in [-0.25, -0.2) is 0 Å². The van der Waals surface area contributed by atoms with E-state index in [4.69, 9.17) is 5.11 Å². The summed E-state index contributed by atoms with van der Waals surface area (Å²) in [5.41, 5.74) is -0.266. The monoisotopic (exact) mass is 246 g/mol. The van der Waals surface area contributed by atoms with Crippen LogP contribution in [0.4, 0.5) is 17.6 Å². The zero-order chi connectivity index (χ0) is 10.8. The molecule has 0 heterocycles. The van der Waals surface area contributed by atoms with Gasteiger partial charge < -0.3 is 5.11 Å². The minimum absolute atomic E-state index is 0. The van der Waals surface area contributed by atoms with E-state index in [-0.39, 0.29) is 56.9 Å². The van der Waals surface area contributed by atoms with E-state index in [0.717, 1.165) is 12.1 Å². The minimum Gasteiger partial charge on any atom is -0.389 e. The van der Waals surface area contributed by atoms with Crippen LogP contribution < -0.4 is 51.4 Å². The zero-order valence-corrected chi connectivity index (χ0v) is 11.0. The summed E-state index contributed by atoms with van der Waals surface area (Å²) in [5.74, 6) is 0. The van der Waals surface area contributed by atoms with Gasteiger partial charge >= 0.3 is 57.6 Å². The second kappa shape index (κ2) is 6.22. The van der Waals surface area contributed by atoms with Crippen LogP contribution in [0.25, 0.3) is 0 Å². The number of benzene rings is 1. The number of hydrogen-bond acceptors (Lipinski definition) is 1. The van der Waals surface area contributed by atoms with Gasteiger partial charge in [0.25, 0.3) is 0 Å². The first kappa shape index (κ1) is 15.4. The second-order valence-electron chi connectivity index (χ2n) is 2.66. The molecule has 1 nitrogen and oxygen atoms in total. The second-order valence-corrected chi connectivity index (χ2v) is 2.66. The van der Waals surface area contributed by atoms with Crippen LogP contribution in [0.3, 0.4) is 0 Å². The molecule has 0 radical (unpaired) electrons. The van der Waals surface area contributed by atoms with Crippen LogP contribution in [0.1, 0.15) is 5.56 Å². The molecule has 0 amide bonds. The average Bonchev–Trinajstić information content (AvgIpc) is 2.15. The Hall–Kier alpha value is 0.406. The van der Waals surface area contributed by atoms with Crippen molar-refractivity contribution in [1.82, 2.24) is 0 Å². The topological polar surface area (TPSA) is 20.2 Å². The normalized spacial score (nSPS) is 12.9. The zero-order valence-electron chi connectivity index (χ0n) is 7.92. The molecule has 1 aromatic carbocycles. The van der Waals surface area contributed by atoms with Gasteiger partial charge in [0, 0.05) is 6.17 Å². The summed E-state index contributed by atoms with van der Waals surface area (Å²) in [6.45, 7) is 0. The van der Waals surface area contributed by atoms with Gasteiger partial charge in [-0.05, 0) is 0 Å². The van der Waals surface area contributed by atoms with Crippen molar-refractivity contribution in [3.63, 3.8) is 0 Å². The predicted octanol–water partition coefficient (Wildman–Crippen LogP) is -0.537. The Morgan fingerprint density at radius 2 is 1.60 bits per heavy atom. The first-order valence-corrected chi connectivity index (χ1v) is 3.75. The molecule has 6 heteroatoms. The van der Waals surface area contributed by atoms with Crippen LogP contribution in [0, 0.1) is 6.17 Å². The molecule has 1 rings (SSSR count). The van der Waals surface area contributed by atoms with E-state index < -0.39 is 18.5 Å². The molecule has 0 saturated heterocycles. The molecule has 1 N–H and O–H groups in total. The summed E-state index contributed by atoms with van der Waals surface area (Å²) in [6.07, 6.45) is -9.61. The number of hydrogen-bond donors (Lipinski definition) is 1. The molecule has 15 heavy (non-hydrogen) atoms. The molecule has 0 spiro atoms. The summed E-state index contributed by atoms with van der Waals surface area (Å²) < 4.78 is 48.6. The summed E-state index contributed by atoms with van der Waals surface area (Å²) in [5, 5.41) is 8.57. The Bertz CT molecular complexity index is 288. The van der Waals surface area contributed by atoms with E-state index in [1.807, 2.05) is 0 Å². The van der Waals surface area contributed by atoms with E-state index in [9.17, 15) is 17.6 Å². The van der Waals surface area contributed by atoms with E-state index >= 15 is 0 Å². The predicted molar refractivity (Wildman–Crippen MR) is 42.0 cm³/mol. The van der Waals surface area contributed by atoms with Crippen molar-refractivity contribution >= 4 is 0 Å². The Morgan fingerprint density at radius 1 is 1.13 bits per heavy atom. The first-order chi connectivity index (χ1) is 6.43. The number of rotatable bonds is 2. The van der Waals surface area contributed by atoms with Gasteiger partial charge in [0.1, 0.15) is 0 Å². The molecule has 0 aliphatic rings. The van der Waals surface area contributed by atoms with Crippen LogP contribution in [0.5, 0.6) is 0 Å². The summed E-state index contributed by atoms with van der Waals surface area (Å²) in [4.78, 5) is 0. The van der Waals surface area contributed by atoms with Crippen LogP contribution >= 0.6 is 0 Å². The number of alkyl halides is 3.